The Bertz CT molecular complexity index is 379. The van der Waals surface area contributed by atoms with Crippen LogP contribution in [0.4, 0.5) is 13.2 Å². The second kappa shape index (κ2) is 5.73. The van der Waals surface area contributed by atoms with Gasteiger partial charge in [0, 0.05) is 10.0 Å². The van der Waals surface area contributed by atoms with E-state index >= 15 is 0 Å². The Labute approximate surface area is 106 Å². The zero-order valence-corrected chi connectivity index (χ0v) is 10.9. The molecular weight excluding hydrogens is 301 g/mol. The van der Waals surface area contributed by atoms with Crippen LogP contribution in [0.15, 0.2) is 22.7 Å². The maximum Gasteiger partial charge on any atom is 0.414 e. The molecule has 6 heteroatoms. The lowest BCUT2D eigenvalue weighted by atomic mass is 10.2. The molecule has 0 aliphatic heterocycles. The van der Waals surface area contributed by atoms with Crippen LogP contribution in [0.5, 0.6) is 5.75 Å². The lowest BCUT2D eigenvalue weighted by Gasteiger charge is -2.17. The molecule has 1 unspecified atom stereocenters. The number of methoxy groups -OCH3 is 1. The van der Waals surface area contributed by atoms with E-state index < -0.39 is 12.3 Å². The van der Waals surface area contributed by atoms with Crippen molar-refractivity contribution in [3.8, 4) is 5.75 Å². The molecule has 0 bridgehead atoms. The maximum absolute atomic E-state index is 12.2. The number of alkyl halides is 3. The Balaban J connectivity index is 2.72. The van der Waals surface area contributed by atoms with Crippen LogP contribution in [0.2, 0.25) is 0 Å². The largest absolute Gasteiger partial charge is 0.496 e. The van der Waals surface area contributed by atoms with E-state index in [4.69, 9.17) is 9.47 Å². The molecular formula is C11H12BrF3O2. The second-order valence-electron chi connectivity index (χ2n) is 3.45. The molecule has 0 aliphatic rings. The number of ether oxygens (including phenoxy) is 2. The summed E-state index contributed by atoms with van der Waals surface area (Å²) in [5, 5.41) is 0. The number of rotatable bonds is 4. The minimum absolute atomic E-state index is 0.150. The van der Waals surface area contributed by atoms with Gasteiger partial charge in [0.15, 0.2) is 6.10 Å². The molecule has 1 aromatic rings. The number of benzene rings is 1. The van der Waals surface area contributed by atoms with Gasteiger partial charge in [-0.1, -0.05) is 15.9 Å². The lowest BCUT2D eigenvalue weighted by molar-refractivity contribution is -0.217. The summed E-state index contributed by atoms with van der Waals surface area (Å²) in [6.45, 7) is 0.827. The summed E-state index contributed by atoms with van der Waals surface area (Å²) in [4.78, 5) is 0. The van der Waals surface area contributed by atoms with Gasteiger partial charge in [0.2, 0.25) is 0 Å². The van der Waals surface area contributed by atoms with Crippen LogP contribution in [0.25, 0.3) is 0 Å². The summed E-state index contributed by atoms with van der Waals surface area (Å²) in [5.41, 5.74) is 0.568. The zero-order chi connectivity index (χ0) is 13.1. The molecule has 0 radical (unpaired) electrons. The average Bonchev–Trinajstić information content (AvgIpc) is 2.24. The highest BCUT2D eigenvalue weighted by atomic mass is 79.9. The van der Waals surface area contributed by atoms with Gasteiger partial charge in [-0.2, -0.15) is 13.2 Å². The predicted octanol–water partition coefficient (Wildman–Crippen LogP) is 3.93. The van der Waals surface area contributed by atoms with Crippen LogP contribution in [-0.2, 0) is 11.3 Å². The fraction of sp³-hybridized carbons (Fsp3) is 0.455. The van der Waals surface area contributed by atoms with E-state index in [9.17, 15) is 13.2 Å². The highest BCUT2D eigenvalue weighted by Gasteiger charge is 2.36. The van der Waals surface area contributed by atoms with Crippen LogP contribution in [0.1, 0.15) is 12.5 Å². The Hall–Kier alpha value is -0.750. The molecule has 0 aromatic heterocycles. The van der Waals surface area contributed by atoms with E-state index in [1.165, 1.54) is 7.11 Å². The summed E-state index contributed by atoms with van der Waals surface area (Å²) in [6.07, 6.45) is -6.15. The van der Waals surface area contributed by atoms with Crippen LogP contribution >= 0.6 is 15.9 Å². The normalized spacial score (nSPS) is 13.5. The van der Waals surface area contributed by atoms with Crippen LogP contribution in [-0.4, -0.2) is 19.4 Å². The summed E-state index contributed by atoms with van der Waals surface area (Å²) in [5.74, 6) is 0.502. The first-order valence-corrected chi connectivity index (χ1v) is 5.64. The van der Waals surface area contributed by atoms with Crippen molar-refractivity contribution in [1.82, 2.24) is 0 Å². The van der Waals surface area contributed by atoms with Crippen LogP contribution in [0, 0.1) is 0 Å². The minimum atomic E-state index is -4.35. The van der Waals surface area contributed by atoms with E-state index in [0.29, 0.717) is 11.3 Å². The standard InChI is InChI=1S/C11H12BrF3O2/c1-7(11(13,14)15)17-6-8-5-9(12)3-4-10(8)16-2/h3-5,7H,6H2,1-2H3. The molecule has 1 atom stereocenters. The van der Waals surface area contributed by atoms with Crippen molar-refractivity contribution in [2.24, 2.45) is 0 Å². The Morgan fingerprint density at radius 1 is 1.35 bits per heavy atom. The van der Waals surface area contributed by atoms with Gasteiger partial charge in [-0.15, -0.1) is 0 Å². The number of halogens is 4. The zero-order valence-electron chi connectivity index (χ0n) is 9.34. The summed E-state index contributed by atoms with van der Waals surface area (Å²) in [7, 11) is 1.46. The van der Waals surface area contributed by atoms with Gasteiger partial charge >= 0.3 is 6.18 Å². The monoisotopic (exact) mass is 312 g/mol. The highest BCUT2D eigenvalue weighted by molar-refractivity contribution is 9.10. The number of hydrogen-bond donors (Lipinski definition) is 0. The van der Waals surface area contributed by atoms with Gasteiger partial charge in [0.1, 0.15) is 5.75 Å². The molecule has 0 saturated carbocycles. The molecule has 0 amide bonds. The summed E-state index contributed by atoms with van der Waals surface area (Å²) < 4.78 is 47.3. The Morgan fingerprint density at radius 2 is 2.00 bits per heavy atom. The van der Waals surface area contributed by atoms with Gasteiger partial charge in [0.25, 0.3) is 0 Å². The molecule has 0 aliphatic carbocycles. The van der Waals surface area contributed by atoms with E-state index in [1.54, 1.807) is 18.2 Å². The van der Waals surface area contributed by atoms with Crippen molar-refractivity contribution in [3.63, 3.8) is 0 Å². The summed E-state index contributed by atoms with van der Waals surface area (Å²) in [6, 6.07) is 5.08. The van der Waals surface area contributed by atoms with Crippen molar-refractivity contribution in [1.29, 1.82) is 0 Å². The second-order valence-corrected chi connectivity index (χ2v) is 4.37. The van der Waals surface area contributed by atoms with E-state index in [2.05, 4.69) is 15.9 Å². The van der Waals surface area contributed by atoms with Gasteiger partial charge in [-0.3, -0.25) is 0 Å². The third kappa shape index (κ3) is 4.20. The summed E-state index contributed by atoms with van der Waals surface area (Å²) >= 11 is 3.24. The van der Waals surface area contributed by atoms with Crippen molar-refractivity contribution in [2.45, 2.75) is 25.8 Å². The van der Waals surface area contributed by atoms with Crippen LogP contribution in [0.3, 0.4) is 0 Å². The first-order valence-electron chi connectivity index (χ1n) is 4.85. The molecule has 0 spiro atoms. The molecule has 17 heavy (non-hydrogen) atoms. The fourth-order valence-electron chi connectivity index (χ4n) is 1.17. The molecule has 0 fully saturated rings. The molecule has 1 rings (SSSR count). The van der Waals surface area contributed by atoms with Gasteiger partial charge in [-0.25, -0.2) is 0 Å². The molecule has 0 heterocycles. The smallest absolute Gasteiger partial charge is 0.414 e. The third-order valence-electron chi connectivity index (χ3n) is 2.19. The predicted molar refractivity (Wildman–Crippen MR) is 61.0 cm³/mol. The first-order chi connectivity index (χ1) is 7.84. The van der Waals surface area contributed by atoms with Gasteiger partial charge in [0.05, 0.1) is 13.7 Å². The minimum Gasteiger partial charge on any atom is -0.496 e. The van der Waals surface area contributed by atoms with Crippen molar-refractivity contribution >= 4 is 15.9 Å². The molecule has 0 saturated heterocycles. The topological polar surface area (TPSA) is 18.5 Å². The quantitative estimate of drug-likeness (QED) is 0.839. The van der Waals surface area contributed by atoms with Crippen molar-refractivity contribution in [2.75, 3.05) is 7.11 Å². The van der Waals surface area contributed by atoms with E-state index in [-0.39, 0.29) is 6.61 Å². The van der Waals surface area contributed by atoms with Crippen molar-refractivity contribution < 1.29 is 22.6 Å². The van der Waals surface area contributed by atoms with Crippen molar-refractivity contribution in [3.05, 3.63) is 28.2 Å². The average molecular weight is 313 g/mol. The van der Waals surface area contributed by atoms with E-state index in [0.717, 1.165) is 11.4 Å². The Morgan fingerprint density at radius 3 is 2.53 bits per heavy atom. The lowest BCUT2D eigenvalue weighted by Crippen LogP contribution is -2.28. The third-order valence-corrected chi connectivity index (χ3v) is 2.69. The number of hydrogen-bond acceptors (Lipinski definition) is 2. The fourth-order valence-corrected chi connectivity index (χ4v) is 1.58. The van der Waals surface area contributed by atoms with Crippen LogP contribution < -0.4 is 4.74 Å². The molecule has 2 nitrogen and oxygen atoms in total. The van der Waals surface area contributed by atoms with E-state index in [1.807, 2.05) is 0 Å². The maximum atomic E-state index is 12.2. The molecule has 96 valence electrons. The first kappa shape index (κ1) is 14.3. The SMILES string of the molecule is COc1ccc(Br)cc1COC(C)C(F)(F)F. The van der Waals surface area contributed by atoms with Gasteiger partial charge < -0.3 is 9.47 Å². The van der Waals surface area contributed by atoms with Gasteiger partial charge in [-0.05, 0) is 25.1 Å². The molecule has 1 aromatic carbocycles. The highest BCUT2D eigenvalue weighted by Crippen LogP contribution is 2.27. The Kier molecular flexibility index (Phi) is 4.82. The molecule has 0 N–H and O–H groups in total.